The number of hydrogen-bond acceptors (Lipinski definition) is 5. The molecule has 3 aromatic rings. The Kier molecular flexibility index (Phi) is 5.50. The monoisotopic (exact) mass is 375 g/mol. The van der Waals surface area contributed by atoms with Gasteiger partial charge in [0.05, 0.1) is 0 Å². The summed E-state index contributed by atoms with van der Waals surface area (Å²) in [4.78, 5) is 12.2. The summed E-state index contributed by atoms with van der Waals surface area (Å²) in [6.07, 6.45) is 0. The summed E-state index contributed by atoms with van der Waals surface area (Å²) in [6.45, 7) is 2.07. The number of amides is 1. The number of halogens is 1. The van der Waals surface area contributed by atoms with Gasteiger partial charge in [-0.1, -0.05) is 70.6 Å². The van der Waals surface area contributed by atoms with Gasteiger partial charge < -0.3 is 0 Å². The Morgan fingerprint density at radius 1 is 1.21 bits per heavy atom. The minimum absolute atomic E-state index is 0.246. The Hall–Kier alpha value is -1.89. The lowest BCUT2D eigenvalue weighted by molar-refractivity contribution is 0.102. The van der Waals surface area contributed by atoms with Gasteiger partial charge in [0.25, 0.3) is 5.91 Å². The lowest BCUT2D eigenvalue weighted by Crippen LogP contribution is -2.11. The number of aryl methyl sites for hydroxylation is 1. The minimum Gasteiger partial charge on any atom is -0.296 e. The number of carbonyl (C=O) groups is 1. The molecule has 0 spiro atoms. The molecule has 3 rings (SSSR count). The third-order valence-corrected chi connectivity index (χ3v) is 5.44. The van der Waals surface area contributed by atoms with Crippen LogP contribution in [0, 0.1) is 6.92 Å². The van der Waals surface area contributed by atoms with E-state index in [1.807, 2.05) is 6.07 Å². The molecule has 4 nitrogen and oxygen atoms in total. The van der Waals surface area contributed by atoms with Crippen LogP contribution < -0.4 is 5.32 Å². The van der Waals surface area contributed by atoms with E-state index in [9.17, 15) is 4.79 Å². The van der Waals surface area contributed by atoms with Crippen molar-refractivity contribution in [3.63, 3.8) is 0 Å². The van der Waals surface area contributed by atoms with Crippen LogP contribution in [-0.2, 0) is 5.75 Å². The fourth-order valence-corrected chi connectivity index (χ4v) is 3.94. The molecule has 1 amide bonds. The van der Waals surface area contributed by atoms with Crippen LogP contribution >= 0.6 is 34.7 Å². The van der Waals surface area contributed by atoms with Gasteiger partial charge in [-0.05, 0) is 30.7 Å². The molecule has 1 N–H and O–H groups in total. The van der Waals surface area contributed by atoms with E-state index in [-0.39, 0.29) is 5.91 Å². The van der Waals surface area contributed by atoms with Crippen molar-refractivity contribution >= 4 is 45.7 Å². The van der Waals surface area contributed by atoms with E-state index in [2.05, 4.69) is 40.6 Å². The molecule has 0 saturated carbocycles. The van der Waals surface area contributed by atoms with E-state index < -0.39 is 0 Å². The molecule has 1 heterocycles. The van der Waals surface area contributed by atoms with Gasteiger partial charge in [0.1, 0.15) is 0 Å². The van der Waals surface area contributed by atoms with Crippen molar-refractivity contribution in [1.29, 1.82) is 0 Å². The number of hydrogen-bond donors (Lipinski definition) is 1. The molecule has 2 aromatic carbocycles. The van der Waals surface area contributed by atoms with Crippen LogP contribution in [0.25, 0.3) is 0 Å². The topological polar surface area (TPSA) is 54.9 Å². The van der Waals surface area contributed by atoms with Gasteiger partial charge in [-0.15, -0.1) is 10.2 Å². The number of aromatic nitrogens is 2. The van der Waals surface area contributed by atoms with Gasteiger partial charge in [-0.3, -0.25) is 10.1 Å². The van der Waals surface area contributed by atoms with Crippen LogP contribution in [-0.4, -0.2) is 16.1 Å². The summed E-state index contributed by atoms with van der Waals surface area (Å²) in [5, 5.41) is 11.9. The number of carbonyl (C=O) groups excluding carboxylic acids is 1. The first-order valence-corrected chi connectivity index (χ1v) is 9.37. The first-order valence-electron chi connectivity index (χ1n) is 7.19. The van der Waals surface area contributed by atoms with E-state index in [0.717, 1.165) is 10.1 Å². The van der Waals surface area contributed by atoms with Crippen molar-refractivity contribution in [1.82, 2.24) is 10.2 Å². The Bertz CT molecular complexity index is 866. The molecule has 0 fully saturated rings. The van der Waals surface area contributed by atoms with Crippen LogP contribution in [0.15, 0.2) is 52.9 Å². The van der Waals surface area contributed by atoms with Gasteiger partial charge in [0.2, 0.25) is 5.13 Å². The number of nitrogens with one attached hydrogen (secondary N) is 1. The second-order valence-corrected chi connectivity index (χ2v) is 7.75. The quantitative estimate of drug-likeness (QED) is 0.501. The van der Waals surface area contributed by atoms with E-state index in [0.29, 0.717) is 15.7 Å². The fraction of sp³-hybridized carbons (Fsp3) is 0.118. The van der Waals surface area contributed by atoms with Crippen molar-refractivity contribution < 1.29 is 4.79 Å². The van der Waals surface area contributed by atoms with Crippen molar-refractivity contribution in [3.8, 4) is 0 Å². The summed E-state index contributed by atoms with van der Waals surface area (Å²) in [5.41, 5.74) is 2.96. The van der Waals surface area contributed by atoms with Crippen LogP contribution in [0.1, 0.15) is 21.5 Å². The summed E-state index contributed by atoms with van der Waals surface area (Å²) < 4.78 is 0.818. The summed E-state index contributed by atoms with van der Waals surface area (Å²) in [7, 11) is 0. The lowest BCUT2D eigenvalue weighted by atomic mass is 10.2. The zero-order valence-corrected chi connectivity index (χ0v) is 15.2. The number of nitrogens with zero attached hydrogens (tertiary/aromatic N) is 2. The predicted molar refractivity (Wildman–Crippen MR) is 100 cm³/mol. The maximum Gasteiger partial charge on any atom is 0.257 e. The summed E-state index contributed by atoms with van der Waals surface area (Å²) >= 11 is 8.86. The Morgan fingerprint density at radius 2 is 2.04 bits per heavy atom. The maximum absolute atomic E-state index is 12.2. The molecule has 122 valence electrons. The van der Waals surface area contributed by atoms with Gasteiger partial charge in [-0.25, -0.2) is 0 Å². The first kappa shape index (κ1) is 17.0. The smallest absolute Gasteiger partial charge is 0.257 e. The highest BCUT2D eigenvalue weighted by Gasteiger charge is 2.11. The zero-order valence-electron chi connectivity index (χ0n) is 12.8. The second kappa shape index (κ2) is 7.79. The number of anilines is 1. The Morgan fingerprint density at radius 3 is 2.83 bits per heavy atom. The normalized spacial score (nSPS) is 10.6. The van der Waals surface area contributed by atoms with Crippen molar-refractivity contribution in [2.45, 2.75) is 17.0 Å². The van der Waals surface area contributed by atoms with Crippen molar-refractivity contribution in [3.05, 3.63) is 70.2 Å². The summed E-state index contributed by atoms with van der Waals surface area (Å²) in [6, 6.07) is 15.1. The number of rotatable bonds is 5. The van der Waals surface area contributed by atoms with Crippen LogP contribution in [0.4, 0.5) is 5.13 Å². The highest BCUT2D eigenvalue weighted by molar-refractivity contribution is 8.00. The Labute approximate surface area is 153 Å². The van der Waals surface area contributed by atoms with Crippen molar-refractivity contribution in [2.75, 3.05) is 5.32 Å². The van der Waals surface area contributed by atoms with E-state index in [1.165, 1.54) is 22.5 Å². The van der Waals surface area contributed by atoms with E-state index in [4.69, 9.17) is 11.6 Å². The number of thioether (sulfide) groups is 1. The first-order chi connectivity index (χ1) is 11.6. The summed E-state index contributed by atoms with van der Waals surface area (Å²) in [5.74, 6) is 0.572. The molecular formula is C17H14ClN3OS2. The van der Waals surface area contributed by atoms with E-state index >= 15 is 0 Å². The van der Waals surface area contributed by atoms with E-state index in [1.54, 1.807) is 36.0 Å². The molecule has 0 unspecified atom stereocenters. The second-order valence-electron chi connectivity index (χ2n) is 5.12. The van der Waals surface area contributed by atoms with Crippen molar-refractivity contribution in [2.24, 2.45) is 0 Å². The third kappa shape index (κ3) is 4.56. The molecule has 0 atom stereocenters. The molecule has 0 radical (unpaired) electrons. The molecular weight excluding hydrogens is 362 g/mol. The third-order valence-electron chi connectivity index (χ3n) is 3.16. The molecule has 0 aliphatic rings. The van der Waals surface area contributed by atoms with Crippen LogP contribution in [0.5, 0.6) is 0 Å². The fourth-order valence-electron chi connectivity index (χ4n) is 2.06. The Balaban J connectivity index is 1.60. The van der Waals surface area contributed by atoms with Gasteiger partial charge >= 0.3 is 0 Å². The molecule has 24 heavy (non-hydrogen) atoms. The van der Waals surface area contributed by atoms with Gasteiger partial charge in [0, 0.05) is 16.3 Å². The van der Waals surface area contributed by atoms with Gasteiger partial charge in [0.15, 0.2) is 4.34 Å². The van der Waals surface area contributed by atoms with Crippen LogP contribution in [0.3, 0.4) is 0 Å². The highest BCUT2D eigenvalue weighted by atomic mass is 35.5. The molecule has 0 bridgehead atoms. The molecule has 1 aromatic heterocycles. The largest absolute Gasteiger partial charge is 0.296 e. The zero-order chi connectivity index (χ0) is 16.9. The molecule has 0 saturated heterocycles. The van der Waals surface area contributed by atoms with Crippen LogP contribution in [0.2, 0.25) is 5.02 Å². The number of benzene rings is 2. The lowest BCUT2D eigenvalue weighted by Gasteiger charge is -2.01. The van der Waals surface area contributed by atoms with Gasteiger partial charge in [-0.2, -0.15) is 0 Å². The highest BCUT2D eigenvalue weighted by Crippen LogP contribution is 2.28. The maximum atomic E-state index is 12.2. The average Bonchev–Trinajstić information content (AvgIpc) is 3.00. The SMILES string of the molecule is Cc1cccc(CSc2nnc(NC(=O)c3cccc(Cl)c3)s2)c1. The molecule has 0 aliphatic carbocycles. The molecule has 0 aliphatic heterocycles. The molecule has 7 heteroatoms. The standard InChI is InChI=1S/C17H14ClN3OS2/c1-11-4-2-5-12(8-11)10-23-17-21-20-16(24-17)19-15(22)13-6-3-7-14(18)9-13/h2-9H,10H2,1H3,(H,19,20,22). The average molecular weight is 376 g/mol. The minimum atomic E-state index is -0.246. The predicted octanol–water partition coefficient (Wildman–Crippen LogP) is 5.04.